The summed E-state index contributed by atoms with van der Waals surface area (Å²) in [5.74, 6) is 0. The first-order valence-corrected chi connectivity index (χ1v) is 11.1. The number of nitro groups is 1. The van der Waals surface area contributed by atoms with Crippen LogP contribution in [0.4, 0.5) is 11.4 Å². The van der Waals surface area contributed by atoms with Crippen LogP contribution in [-0.4, -0.2) is 17.9 Å². The molecule has 0 spiro atoms. The first kappa shape index (κ1) is 19.8. The van der Waals surface area contributed by atoms with Crippen molar-refractivity contribution in [2.45, 2.75) is 11.4 Å². The molecule has 10 heteroatoms. The lowest BCUT2D eigenvalue weighted by Crippen LogP contribution is -2.14. The molecule has 4 rings (SSSR count). The van der Waals surface area contributed by atoms with Crippen LogP contribution in [0.5, 0.6) is 0 Å². The largest absolute Gasteiger partial charge is 0.308 e. The monoisotopic (exact) mass is 441 g/mol. The lowest BCUT2D eigenvalue weighted by atomic mass is 10.2. The average molecular weight is 441 g/mol. The van der Waals surface area contributed by atoms with E-state index in [0.29, 0.717) is 16.8 Å². The molecule has 0 bridgehead atoms. The molecule has 1 heterocycles. The van der Waals surface area contributed by atoms with Gasteiger partial charge in [0.25, 0.3) is 15.7 Å². The van der Waals surface area contributed by atoms with Crippen molar-refractivity contribution in [1.29, 1.82) is 0 Å². The van der Waals surface area contributed by atoms with E-state index in [9.17, 15) is 23.3 Å². The SMILES string of the molecule is O=c1sc2cc(S(=O)(=O)Nc3cccc([N+](=O)[O-])c3)ccc2n1Cc1ccccc1. The lowest BCUT2D eigenvalue weighted by Gasteiger charge is -2.09. The Hall–Kier alpha value is -3.50. The number of non-ortho nitro benzene ring substituents is 1. The number of nitro benzene ring substituents is 1. The molecule has 0 aliphatic rings. The molecule has 0 aliphatic carbocycles. The van der Waals surface area contributed by atoms with E-state index in [1.165, 1.54) is 30.3 Å². The number of hydrogen-bond donors (Lipinski definition) is 1. The Kier molecular flexibility index (Phi) is 5.10. The van der Waals surface area contributed by atoms with E-state index < -0.39 is 14.9 Å². The van der Waals surface area contributed by atoms with E-state index >= 15 is 0 Å². The summed E-state index contributed by atoms with van der Waals surface area (Å²) in [7, 11) is -3.99. The molecule has 3 aromatic carbocycles. The Morgan fingerprint density at radius 2 is 1.77 bits per heavy atom. The maximum Gasteiger partial charge on any atom is 0.308 e. The zero-order chi connectivity index (χ0) is 21.3. The number of benzene rings is 3. The van der Waals surface area contributed by atoms with E-state index in [-0.39, 0.29) is 21.1 Å². The van der Waals surface area contributed by atoms with E-state index in [1.54, 1.807) is 10.6 Å². The number of anilines is 1. The maximum absolute atomic E-state index is 12.7. The molecule has 0 saturated carbocycles. The highest BCUT2D eigenvalue weighted by Crippen LogP contribution is 2.25. The van der Waals surface area contributed by atoms with Crippen molar-refractivity contribution in [3.05, 3.63) is 98.1 Å². The second kappa shape index (κ2) is 7.73. The number of nitrogens with one attached hydrogen (secondary N) is 1. The number of sulfonamides is 1. The molecule has 0 aliphatic heterocycles. The van der Waals surface area contributed by atoms with Crippen LogP contribution in [-0.2, 0) is 16.6 Å². The Morgan fingerprint density at radius 1 is 1.00 bits per heavy atom. The summed E-state index contributed by atoms with van der Waals surface area (Å²) < 4.78 is 30.0. The van der Waals surface area contributed by atoms with Gasteiger partial charge in [-0.1, -0.05) is 47.7 Å². The predicted octanol–water partition coefficient (Wildman–Crippen LogP) is 3.82. The van der Waals surface area contributed by atoms with Crippen molar-refractivity contribution in [2.75, 3.05) is 4.72 Å². The third-order valence-electron chi connectivity index (χ3n) is 4.44. The van der Waals surface area contributed by atoms with E-state index in [4.69, 9.17) is 0 Å². The minimum Gasteiger partial charge on any atom is -0.294 e. The van der Waals surface area contributed by atoms with Gasteiger partial charge in [-0.05, 0) is 29.8 Å². The summed E-state index contributed by atoms with van der Waals surface area (Å²) in [5, 5.41) is 10.9. The van der Waals surface area contributed by atoms with Gasteiger partial charge in [0.05, 0.1) is 32.3 Å². The predicted molar refractivity (Wildman–Crippen MR) is 116 cm³/mol. The highest BCUT2D eigenvalue weighted by atomic mass is 32.2. The Morgan fingerprint density at radius 3 is 2.50 bits per heavy atom. The summed E-state index contributed by atoms with van der Waals surface area (Å²) in [5.41, 5.74) is 1.47. The van der Waals surface area contributed by atoms with Crippen molar-refractivity contribution < 1.29 is 13.3 Å². The van der Waals surface area contributed by atoms with Crippen LogP contribution in [0.3, 0.4) is 0 Å². The molecule has 30 heavy (non-hydrogen) atoms. The zero-order valence-electron chi connectivity index (χ0n) is 15.4. The maximum atomic E-state index is 12.7. The summed E-state index contributed by atoms with van der Waals surface area (Å²) in [6.45, 7) is 0.387. The first-order chi connectivity index (χ1) is 14.3. The number of fused-ring (bicyclic) bond motifs is 1. The summed E-state index contributed by atoms with van der Waals surface area (Å²) in [6.07, 6.45) is 0. The van der Waals surface area contributed by atoms with Crippen LogP contribution in [0.1, 0.15) is 5.56 Å². The van der Waals surface area contributed by atoms with E-state index in [1.807, 2.05) is 30.3 Å². The summed E-state index contributed by atoms with van der Waals surface area (Å²) >= 11 is 0.967. The van der Waals surface area contributed by atoms with Crippen LogP contribution < -0.4 is 9.60 Å². The van der Waals surface area contributed by atoms with Gasteiger partial charge in [0.2, 0.25) is 0 Å². The highest BCUT2D eigenvalue weighted by Gasteiger charge is 2.18. The number of rotatable bonds is 6. The molecule has 0 fully saturated rings. The van der Waals surface area contributed by atoms with Crippen LogP contribution in [0.15, 0.2) is 82.5 Å². The van der Waals surface area contributed by atoms with Gasteiger partial charge in [-0.15, -0.1) is 0 Å². The van der Waals surface area contributed by atoms with Gasteiger partial charge in [0.1, 0.15) is 0 Å². The van der Waals surface area contributed by atoms with Gasteiger partial charge in [-0.2, -0.15) is 0 Å². The number of aromatic nitrogens is 1. The minimum absolute atomic E-state index is 0.0328. The van der Waals surface area contributed by atoms with Gasteiger partial charge < -0.3 is 0 Å². The first-order valence-electron chi connectivity index (χ1n) is 8.78. The molecule has 1 N–H and O–H groups in total. The standard InChI is InChI=1S/C20H15N3O5S2/c24-20-22(13-14-5-2-1-3-6-14)18-10-9-17(12-19(18)29-20)30(27,28)21-15-7-4-8-16(11-15)23(25)26/h1-12,21H,13H2. The van der Waals surface area contributed by atoms with Crippen molar-refractivity contribution in [2.24, 2.45) is 0 Å². The van der Waals surface area contributed by atoms with Crippen LogP contribution in [0.25, 0.3) is 10.2 Å². The molecular weight excluding hydrogens is 426 g/mol. The molecular formula is C20H15N3O5S2. The van der Waals surface area contributed by atoms with Crippen LogP contribution >= 0.6 is 11.3 Å². The minimum atomic E-state index is -3.99. The summed E-state index contributed by atoms with van der Waals surface area (Å²) in [6, 6.07) is 19.2. The second-order valence-corrected chi connectivity index (χ2v) is 9.16. The van der Waals surface area contributed by atoms with Crippen LogP contribution in [0.2, 0.25) is 0 Å². The lowest BCUT2D eigenvalue weighted by molar-refractivity contribution is -0.384. The van der Waals surface area contributed by atoms with Gasteiger partial charge in [-0.3, -0.25) is 24.2 Å². The molecule has 152 valence electrons. The fourth-order valence-electron chi connectivity index (χ4n) is 3.03. The fraction of sp³-hybridized carbons (Fsp3) is 0.0500. The number of hydrogen-bond acceptors (Lipinski definition) is 6. The van der Waals surface area contributed by atoms with Gasteiger partial charge in [0, 0.05) is 12.1 Å². The Bertz CT molecular complexity index is 1410. The number of thiazole rings is 1. The third-order valence-corrected chi connectivity index (χ3v) is 6.76. The molecule has 0 unspecified atom stereocenters. The topological polar surface area (TPSA) is 111 Å². The molecule has 0 radical (unpaired) electrons. The quantitative estimate of drug-likeness (QED) is 0.361. The third kappa shape index (κ3) is 3.95. The molecule has 8 nitrogen and oxygen atoms in total. The zero-order valence-corrected chi connectivity index (χ0v) is 17.0. The van der Waals surface area contributed by atoms with E-state index in [2.05, 4.69) is 4.72 Å². The molecule has 0 saturated heterocycles. The molecule has 0 atom stereocenters. The van der Waals surface area contributed by atoms with Gasteiger partial charge in [-0.25, -0.2) is 8.42 Å². The van der Waals surface area contributed by atoms with E-state index in [0.717, 1.165) is 23.0 Å². The van der Waals surface area contributed by atoms with Gasteiger partial charge in [0.15, 0.2) is 0 Å². The Balaban J connectivity index is 1.67. The summed E-state index contributed by atoms with van der Waals surface area (Å²) in [4.78, 5) is 22.5. The van der Waals surface area contributed by atoms with Crippen molar-refractivity contribution >= 4 is 43.0 Å². The Labute approximate surface area is 175 Å². The second-order valence-electron chi connectivity index (χ2n) is 6.48. The van der Waals surface area contributed by atoms with Crippen molar-refractivity contribution in [3.8, 4) is 0 Å². The highest BCUT2D eigenvalue weighted by molar-refractivity contribution is 7.92. The molecule has 4 aromatic rings. The van der Waals surface area contributed by atoms with Crippen LogP contribution in [0, 0.1) is 10.1 Å². The smallest absolute Gasteiger partial charge is 0.294 e. The fourth-order valence-corrected chi connectivity index (χ4v) is 5.11. The molecule has 1 aromatic heterocycles. The van der Waals surface area contributed by atoms with Crippen molar-refractivity contribution in [1.82, 2.24) is 4.57 Å². The average Bonchev–Trinajstić information content (AvgIpc) is 3.03. The van der Waals surface area contributed by atoms with Crippen molar-refractivity contribution in [3.63, 3.8) is 0 Å². The van der Waals surface area contributed by atoms with Gasteiger partial charge >= 0.3 is 4.87 Å². The normalized spacial score (nSPS) is 11.5. The molecule has 0 amide bonds. The number of nitrogens with zero attached hydrogens (tertiary/aromatic N) is 2.